The summed E-state index contributed by atoms with van der Waals surface area (Å²) in [7, 11) is -5.74. The number of anilines is 1. The molecule has 7 nitrogen and oxygen atoms in total. The Morgan fingerprint density at radius 1 is 1.15 bits per heavy atom. The Morgan fingerprint density at radius 3 is 2.35 bits per heavy atom. The lowest BCUT2D eigenvalue weighted by Gasteiger charge is -2.11. The molecule has 0 spiro atoms. The van der Waals surface area contributed by atoms with Crippen LogP contribution in [0.5, 0.6) is 5.75 Å². The van der Waals surface area contributed by atoms with Crippen LogP contribution in [0, 0.1) is 15.9 Å². The third-order valence-electron chi connectivity index (χ3n) is 3.28. The van der Waals surface area contributed by atoms with Crippen molar-refractivity contribution in [1.29, 1.82) is 0 Å². The van der Waals surface area contributed by atoms with E-state index in [1.807, 2.05) is 0 Å². The first-order valence-electron chi connectivity index (χ1n) is 6.74. The molecule has 0 aliphatic rings. The Hall–Kier alpha value is -2.89. The predicted molar refractivity (Wildman–Crippen MR) is 81.7 cm³/mol. The number of hydrogen-bond donors (Lipinski definition) is 2. The number of nitro groups is 1. The van der Waals surface area contributed by atoms with Crippen LogP contribution in [0.3, 0.4) is 0 Å². The third-order valence-corrected chi connectivity index (χ3v) is 4.76. The number of nitrogens with one attached hydrogen (secondary N) is 1. The minimum atomic E-state index is -5.74. The maximum atomic E-state index is 13.2. The highest BCUT2D eigenvalue weighted by Gasteiger charge is 2.47. The van der Waals surface area contributed by atoms with Gasteiger partial charge in [-0.25, -0.2) is 12.8 Å². The van der Waals surface area contributed by atoms with E-state index < -0.39 is 42.4 Å². The number of hydrogen-bond acceptors (Lipinski definition) is 6. The first-order chi connectivity index (χ1) is 11.9. The smallest absolute Gasteiger partial charge is 0.501 e. The highest BCUT2D eigenvalue weighted by Crippen LogP contribution is 2.34. The lowest BCUT2D eigenvalue weighted by molar-refractivity contribution is -0.384. The Balaban J connectivity index is 2.35. The van der Waals surface area contributed by atoms with E-state index in [0.717, 1.165) is 18.2 Å². The van der Waals surface area contributed by atoms with Crippen LogP contribution in [-0.4, -0.2) is 24.0 Å². The highest BCUT2D eigenvalue weighted by atomic mass is 32.2. The second kappa shape index (κ2) is 6.78. The lowest BCUT2D eigenvalue weighted by Crippen LogP contribution is -2.23. The summed E-state index contributed by atoms with van der Waals surface area (Å²) < 4.78 is 73.6. The molecule has 12 heteroatoms. The van der Waals surface area contributed by atoms with Gasteiger partial charge in [0.25, 0.3) is 15.5 Å². The molecule has 26 heavy (non-hydrogen) atoms. The van der Waals surface area contributed by atoms with Crippen molar-refractivity contribution >= 4 is 21.2 Å². The fourth-order valence-electron chi connectivity index (χ4n) is 1.97. The van der Waals surface area contributed by atoms with E-state index in [2.05, 4.69) is 5.32 Å². The molecular formula is C14H10F4N2O5S. The number of alkyl halides is 3. The molecule has 0 saturated heterocycles. The van der Waals surface area contributed by atoms with Gasteiger partial charge in [0.15, 0.2) is 11.6 Å². The molecule has 0 amide bonds. The summed E-state index contributed by atoms with van der Waals surface area (Å²) in [6.45, 7) is -0.163. The molecule has 0 aliphatic heterocycles. The van der Waals surface area contributed by atoms with Gasteiger partial charge < -0.3 is 10.4 Å². The number of halogens is 4. The van der Waals surface area contributed by atoms with E-state index in [1.54, 1.807) is 0 Å². The fraction of sp³-hybridized carbons (Fsp3) is 0.143. The van der Waals surface area contributed by atoms with Gasteiger partial charge in [0, 0.05) is 12.6 Å². The molecule has 2 aromatic rings. The van der Waals surface area contributed by atoms with Crippen LogP contribution in [0.4, 0.5) is 28.9 Å². The average molecular weight is 394 g/mol. The zero-order valence-corrected chi connectivity index (χ0v) is 13.4. The van der Waals surface area contributed by atoms with Gasteiger partial charge in [0.2, 0.25) is 0 Å². The monoisotopic (exact) mass is 394 g/mol. The van der Waals surface area contributed by atoms with E-state index >= 15 is 0 Å². The molecule has 0 radical (unpaired) electrons. The van der Waals surface area contributed by atoms with Crippen LogP contribution < -0.4 is 5.32 Å². The summed E-state index contributed by atoms with van der Waals surface area (Å²) in [5.74, 6) is -1.52. The summed E-state index contributed by atoms with van der Waals surface area (Å²) in [5, 5.41) is 22.7. The molecular weight excluding hydrogens is 384 g/mol. The van der Waals surface area contributed by atoms with Gasteiger partial charge in [-0.2, -0.15) is 13.2 Å². The maximum absolute atomic E-state index is 13.2. The van der Waals surface area contributed by atoms with Gasteiger partial charge in [-0.1, -0.05) is 6.07 Å². The van der Waals surface area contributed by atoms with Gasteiger partial charge in [-0.3, -0.25) is 10.1 Å². The van der Waals surface area contributed by atoms with Crippen LogP contribution in [0.1, 0.15) is 5.56 Å². The van der Waals surface area contributed by atoms with E-state index in [9.17, 15) is 36.1 Å². The van der Waals surface area contributed by atoms with E-state index in [0.29, 0.717) is 12.1 Å². The average Bonchev–Trinajstić information content (AvgIpc) is 2.54. The molecule has 0 bridgehead atoms. The van der Waals surface area contributed by atoms with Crippen molar-refractivity contribution in [3.63, 3.8) is 0 Å². The van der Waals surface area contributed by atoms with Crippen molar-refractivity contribution in [2.24, 2.45) is 0 Å². The van der Waals surface area contributed by atoms with Crippen molar-refractivity contribution < 1.29 is 36.0 Å². The molecule has 0 fully saturated rings. The van der Waals surface area contributed by atoms with Gasteiger partial charge in [0.1, 0.15) is 5.69 Å². The Bertz CT molecular complexity index is 960. The normalized spacial score (nSPS) is 12.0. The molecule has 0 aromatic heterocycles. The minimum absolute atomic E-state index is 0.163. The van der Waals surface area contributed by atoms with Crippen molar-refractivity contribution in [2.45, 2.75) is 16.9 Å². The van der Waals surface area contributed by atoms with Crippen LogP contribution in [-0.2, 0) is 16.4 Å². The van der Waals surface area contributed by atoms with Crippen molar-refractivity contribution in [3.05, 3.63) is 57.9 Å². The molecule has 0 saturated carbocycles. The van der Waals surface area contributed by atoms with E-state index in [-0.39, 0.29) is 17.8 Å². The van der Waals surface area contributed by atoms with Crippen LogP contribution >= 0.6 is 0 Å². The van der Waals surface area contributed by atoms with Crippen LogP contribution in [0.25, 0.3) is 0 Å². The van der Waals surface area contributed by atoms with Crippen molar-refractivity contribution in [3.8, 4) is 5.75 Å². The SMILES string of the molecule is O=[N+]([O-])c1cc(S(=O)(=O)C(F)(F)F)ccc1NCc1ccc(O)c(F)c1. The summed E-state index contributed by atoms with van der Waals surface area (Å²) >= 11 is 0. The molecule has 0 atom stereocenters. The second-order valence-electron chi connectivity index (χ2n) is 5.02. The summed E-state index contributed by atoms with van der Waals surface area (Å²) in [5.41, 5.74) is -6.47. The number of sulfone groups is 1. The first kappa shape index (κ1) is 19.4. The lowest BCUT2D eigenvalue weighted by atomic mass is 10.2. The summed E-state index contributed by atoms with van der Waals surface area (Å²) in [4.78, 5) is 8.74. The standard InChI is InChI=1S/C14H10F4N2O5S/c15-10-5-8(1-4-13(10)21)7-19-11-3-2-9(6-12(11)20(22)23)26(24,25)14(16,17)18/h1-6,19,21H,7H2. The second-order valence-corrected chi connectivity index (χ2v) is 6.97. The predicted octanol–water partition coefficient (Wildman–Crippen LogP) is 3.35. The van der Waals surface area contributed by atoms with E-state index in [4.69, 9.17) is 5.11 Å². The molecule has 0 unspecified atom stereocenters. The fourth-order valence-corrected chi connectivity index (χ4v) is 2.75. The van der Waals surface area contributed by atoms with E-state index in [1.165, 1.54) is 6.07 Å². The Kier molecular flexibility index (Phi) is 5.07. The van der Waals surface area contributed by atoms with Crippen molar-refractivity contribution in [2.75, 3.05) is 5.32 Å². The van der Waals surface area contributed by atoms with Crippen molar-refractivity contribution in [1.82, 2.24) is 0 Å². The number of phenolic OH excluding ortho intramolecular Hbond substituents is 1. The molecule has 140 valence electrons. The number of phenols is 1. The molecule has 2 aromatic carbocycles. The number of benzene rings is 2. The number of rotatable bonds is 5. The number of aromatic hydroxyl groups is 1. The number of nitrogens with zero attached hydrogens (tertiary/aromatic N) is 1. The maximum Gasteiger partial charge on any atom is 0.501 e. The Labute approximate surface area is 144 Å². The molecule has 2 N–H and O–H groups in total. The highest BCUT2D eigenvalue weighted by molar-refractivity contribution is 7.92. The number of nitro benzene ring substituents is 1. The van der Waals surface area contributed by atoms with Crippen LogP contribution in [0.2, 0.25) is 0 Å². The zero-order valence-electron chi connectivity index (χ0n) is 12.6. The molecule has 2 rings (SSSR count). The first-order valence-corrected chi connectivity index (χ1v) is 8.23. The summed E-state index contributed by atoms with van der Waals surface area (Å²) in [6, 6.07) is 5.02. The summed E-state index contributed by atoms with van der Waals surface area (Å²) in [6.07, 6.45) is 0. The van der Waals surface area contributed by atoms with Gasteiger partial charge in [-0.15, -0.1) is 0 Å². The quantitative estimate of drug-likeness (QED) is 0.457. The largest absolute Gasteiger partial charge is 0.505 e. The zero-order chi connectivity index (χ0) is 19.7. The molecule has 0 aliphatic carbocycles. The third kappa shape index (κ3) is 3.85. The van der Waals surface area contributed by atoms with Gasteiger partial charge in [-0.05, 0) is 29.8 Å². The topological polar surface area (TPSA) is 110 Å². The van der Waals surface area contributed by atoms with Gasteiger partial charge in [0.05, 0.1) is 9.82 Å². The minimum Gasteiger partial charge on any atom is -0.505 e. The molecule has 0 heterocycles. The van der Waals surface area contributed by atoms with Crippen LogP contribution in [0.15, 0.2) is 41.3 Å². The Morgan fingerprint density at radius 2 is 1.81 bits per heavy atom. The van der Waals surface area contributed by atoms with Gasteiger partial charge >= 0.3 is 5.51 Å².